The van der Waals surface area contributed by atoms with E-state index in [-0.39, 0.29) is 18.2 Å². The first-order valence-electron chi connectivity index (χ1n) is 9.97. The Kier molecular flexibility index (Phi) is 7.23. The summed E-state index contributed by atoms with van der Waals surface area (Å²) in [4.78, 5) is 28.6. The zero-order chi connectivity index (χ0) is 19.9. The Bertz CT molecular complexity index is 811. The SMILES string of the molecule is CCOCCC(=O)Nc1sc(-c2ccccc2)c(C)c1C(=O)N1CCCCC1. The molecule has 0 radical (unpaired) electrons. The second-order valence-electron chi connectivity index (χ2n) is 6.97. The Morgan fingerprint density at radius 3 is 2.54 bits per heavy atom. The second-order valence-corrected chi connectivity index (χ2v) is 7.99. The number of nitrogens with one attached hydrogen (secondary N) is 1. The van der Waals surface area contributed by atoms with Crippen molar-refractivity contribution >= 4 is 28.2 Å². The van der Waals surface area contributed by atoms with Crippen LogP contribution in [0.5, 0.6) is 0 Å². The molecule has 1 N–H and O–H groups in total. The van der Waals surface area contributed by atoms with Gasteiger partial charge in [0.15, 0.2) is 0 Å². The van der Waals surface area contributed by atoms with Crippen LogP contribution in [0.15, 0.2) is 30.3 Å². The molecule has 1 fully saturated rings. The van der Waals surface area contributed by atoms with E-state index in [1.54, 1.807) is 0 Å². The number of amides is 2. The number of carbonyl (C=O) groups excluding carboxylic acids is 2. The number of piperidine rings is 1. The molecule has 0 atom stereocenters. The molecule has 1 aliphatic heterocycles. The largest absolute Gasteiger partial charge is 0.381 e. The first-order valence-corrected chi connectivity index (χ1v) is 10.8. The van der Waals surface area contributed by atoms with Crippen LogP contribution in [-0.2, 0) is 9.53 Å². The van der Waals surface area contributed by atoms with Crippen molar-refractivity contribution in [2.24, 2.45) is 0 Å². The van der Waals surface area contributed by atoms with Crippen molar-refractivity contribution < 1.29 is 14.3 Å². The number of rotatable bonds is 7. The molecular formula is C22H28N2O3S. The highest BCUT2D eigenvalue weighted by Crippen LogP contribution is 2.40. The average molecular weight is 401 g/mol. The molecule has 0 unspecified atom stereocenters. The van der Waals surface area contributed by atoms with Crippen molar-refractivity contribution in [3.05, 3.63) is 41.5 Å². The van der Waals surface area contributed by atoms with Gasteiger partial charge in [-0.1, -0.05) is 30.3 Å². The molecule has 6 heteroatoms. The number of thiophene rings is 1. The summed E-state index contributed by atoms with van der Waals surface area (Å²) >= 11 is 1.48. The third-order valence-corrected chi connectivity index (χ3v) is 6.23. The summed E-state index contributed by atoms with van der Waals surface area (Å²) < 4.78 is 5.28. The van der Waals surface area contributed by atoms with Crippen LogP contribution in [0.4, 0.5) is 5.00 Å². The molecule has 2 aromatic rings. The number of ether oxygens (including phenoxy) is 1. The molecule has 150 valence electrons. The van der Waals surface area contributed by atoms with Gasteiger partial charge in [0.25, 0.3) is 5.91 Å². The predicted molar refractivity (Wildman–Crippen MR) is 114 cm³/mol. The van der Waals surface area contributed by atoms with Crippen LogP contribution in [-0.4, -0.2) is 43.0 Å². The molecule has 1 aromatic carbocycles. The molecule has 1 saturated heterocycles. The fourth-order valence-corrected chi connectivity index (χ4v) is 4.70. The Balaban J connectivity index is 1.91. The Labute approximate surface area is 170 Å². The summed E-state index contributed by atoms with van der Waals surface area (Å²) in [5, 5.41) is 3.62. The van der Waals surface area contributed by atoms with E-state index in [1.165, 1.54) is 17.8 Å². The monoisotopic (exact) mass is 400 g/mol. The van der Waals surface area contributed by atoms with Crippen LogP contribution in [0.3, 0.4) is 0 Å². The summed E-state index contributed by atoms with van der Waals surface area (Å²) in [5.41, 5.74) is 2.63. The van der Waals surface area contributed by atoms with Crippen LogP contribution in [0.25, 0.3) is 10.4 Å². The highest BCUT2D eigenvalue weighted by atomic mass is 32.1. The van der Waals surface area contributed by atoms with Gasteiger partial charge in [-0.25, -0.2) is 0 Å². The molecule has 3 rings (SSSR count). The molecule has 1 aromatic heterocycles. The maximum atomic E-state index is 13.3. The minimum Gasteiger partial charge on any atom is -0.381 e. The number of nitrogens with zero attached hydrogens (tertiary/aromatic N) is 1. The Morgan fingerprint density at radius 1 is 1.14 bits per heavy atom. The van der Waals surface area contributed by atoms with Crippen molar-refractivity contribution in [2.45, 2.75) is 39.5 Å². The van der Waals surface area contributed by atoms with Crippen LogP contribution >= 0.6 is 11.3 Å². The van der Waals surface area contributed by atoms with Crippen molar-refractivity contribution in [1.82, 2.24) is 4.90 Å². The van der Waals surface area contributed by atoms with E-state index in [1.807, 2.05) is 49.1 Å². The van der Waals surface area contributed by atoms with E-state index in [4.69, 9.17) is 4.74 Å². The standard InChI is InChI=1S/C22H28N2O3S/c1-3-27-15-12-18(25)23-21-19(22(26)24-13-8-5-9-14-24)16(2)20(28-21)17-10-6-4-7-11-17/h4,6-7,10-11H,3,5,8-9,12-15H2,1-2H3,(H,23,25). The van der Waals surface area contributed by atoms with Gasteiger partial charge in [0, 0.05) is 24.6 Å². The number of hydrogen-bond acceptors (Lipinski definition) is 4. The highest BCUT2D eigenvalue weighted by Gasteiger charge is 2.27. The summed E-state index contributed by atoms with van der Waals surface area (Å²) in [6.07, 6.45) is 3.53. The zero-order valence-corrected chi connectivity index (χ0v) is 17.4. The van der Waals surface area contributed by atoms with Gasteiger partial charge in [-0.15, -0.1) is 11.3 Å². The minimum absolute atomic E-state index is 0.0238. The Morgan fingerprint density at radius 2 is 1.86 bits per heavy atom. The number of hydrogen-bond donors (Lipinski definition) is 1. The lowest BCUT2D eigenvalue weighted by Crippen LogP contribution is -2.36. The molecule has 5 nitrogen and oxygen atoms in total. The van der Waals surface area contributed by atoms with E-state index in [9.17, 15) is 9.59 Å². The smallest absolute Gasteiger partial charge is 0.257 e. The lowest BCUT2D eigenvalue weighted by atomic mass is 10.0. The molecular weight excluding hydrogens is 372 g/mol. The van der Waals surface area contributed by atoms with E-state index in [2.05, 4.69) is 5.32 Å². The van der Waals surface area contributed by atoms with Gasteiger partial charge in [-0.2, -0.15) is 0 Å². The predicted octanol–water partition coefficient (Wildman–Crippen LogP) is 4.71. The van der Waals surface area contributed by atoms with Gasteiger partial charge in [-0.3, -0.25) is 9.59 Å². The van der Waals surface area contributed by atoms with Gasteiger partial charge in [0.2, 0.25) is 5.91 Å². The van der Waals surface area contributed by atoms with Crippen LogP contribution < -0.4 is 5.32 Å². The summed E-state index contributed by atoms with van der Waals surface area (Å²) in [6, 6.07) is 10.0. The van der Waals surface area contributed by atoms with E-state index >= 15 is 0 Å². The van der Waals surface area contributed by atoms with Gasteiger partial charge in [-0.05, 0) is 44.2 Å². The summed E-state index contributed by atoms with van der Waals surface area (Å²) in [7, 11) is 0. The van der Waals surface area contributed by atoms with Crippen molar-refractivity contribution in [3.63, 3.8) is 0 Å². The molecule has 1 aliphatic rings. The van der Waals surface area contributed by atoms with Gasteiger partial charge in [0.1, 0.15) is 5.00 Å². The third kappa shape index (κ3) is 4.80. The lowest BCUT2D eigenvalue weighted by molar-refractivity contribution is -0.117. The average Bonchev–Trinajstić information content (AvgIpc) is 3.04. The number of benzene rings is 1. The van der Waals surface area contributed by atoms with Gasteiger partial charge >= 0.3 is 0 Å². The van der Waals surface area contributed by atoms with Crippen LogP contribution in [0.2, 0.25) is 0 Å². The minimum atomic E-state index is -0.123. The molecule has 28 heavy (non-hydrogen) atoms. The van der Waals surface area contributed by atoms with Gasteiger partial charge < -0.3 is 15.0 Å². The third-order valence-electron chi connectivity index (χ3n) is 4.97. The van der Waals surface area contributed by atoms with Crippen molar-refractivity contribution in [3.8, 4) is 10.4 Å². The summed E-state index contributed by atoms with van der Waals surface area (Å²) in [5.74, 6) is -0.0993. The van der Waals surface area contributed by atoms with Crippen LogP contribution in [0.1, 0.15) is 48.5 Å². The van der Waals surface area contributed by atoms with E-state index < -0.39 is 0 Å². The van der Waals surface area contributed by atoms with Crippen molar-refractivity contribution in [1.29, 1.82) is 0 Å². The Hall–Kier alpha value is -2.18. The number of likely N-dealkylation sites (tertiary alicyclic amines) is 1. The fourth-order valence-electron chi connectivity index (χ4n) is 3.48. The first-order chi connectivity index (χ1) is 13.6. The number of carbonyl (C=O) groups is 2. The second kappa shape index (κ2) is 9.85. The molecule has 2 amide bonds. The van der Waals surface area contributed by atoms with Crippen LogP contribution in [0, 0.1) is 6.92 Å². The van der Waals surface area contributed by atoms with Gasteiger partial charge in [0.05, 0.1) is 18.6 Å². The fraction of sp³-hybridized carbons (Fsp3) is 0.455. The first kappa shape index (κ1) is 20.6. The lowest BCUT2D eigenvalue weighted by Gasteiger charge is -2.27. The molecule has 2 heterocycles. The maximum Gasteiger partial charge on any atom is 0.257 e. The summed E-state index contributed by atoms with van der Waals surface area (Å²) in [6.45, 7) is 6.42. The van der Waals surface area contributed by atoms with E-state index in [0.29, 0.717) is 23.8 Å². The van der Waals surface area contributed by atoms with E-state index in [0.717, 1.165) is 41.9 Å². The van der Waals surface area contributed by atoms with Crippen molar-refractivity contribution in [2.75, 3.05) is 31.6 Å². The molecule has 0 saturated carbocycles. The highest BCUT2D eigenvalue weighted by molar-refractivity contribution is 7.20. The molecule has 0 spiro atoms. The number of anilines is 1. The quantitative estimate of drug-likeness (QED) is 0.685. The zero-order valence-electron chi connectivity index (χ0n) is 16.6. The molecule has 0 bridgehead atoms. The maximum absolute atomic E-state index is 13.3. The topological polar surface area (TPSA) is 58.6 Å². The normalized spacial score (nSPS) is 14.1. The molecule has 0 aliphatic carbocycles.